The van der Waals surface area contributed by atoms with E-state index in [2.05, 4.69) is 11.9 Å². The van der Waals surface area contributed by atoms with Gasteiger partial charge in [0.05, 0.1) is 28.3 Å². The number of allylic oxidation sites excluding steroid dienone is 1. The first-order chi connectivity index (χ1) is 19.4. The first kappa shape index (κ1) is 30.6. The highest BCUT2D eigenvalue weighted by Crippen LogP contribution is 2.62. The van der Waals surface area contributed by atoms with E-state index in [-0.39, 0.29) is 28.9 Å². The van der Waals surface area contributed by atoms with E-state index in [1.807, 2.05) is 4.90 Å². The molecule has 1 amide bonds. The number of ether oxygens (including phenoxy) is 1. The highest BCUT2D eigenvalue weighted by Gasteiger charge is 2.65. The predicted octanol–water partition coefficient (Wildman–Crippen LogP) is 3.95. The number of nitrogens with zero attached hydrogens (tertiary/aromatic N) is 2. The molecule has 2 heterocycles. The van der Waals surface area contributed by atoms with Crippen molar-refractivity contribution < 1.29 is 47.6 Å². The summed E-state index contributed by atoms with van der Waals surface area (Å²) in [5.41, 5.74) is -0.231. The van der Waals surface area contributed by atoms with Crippen LogP contribution < -0.4 is 15.6 Å². The number of pyridine rings is 1. The van der Waals surface area contributed by atoms with E-state index in [1.54, 1.807) is 6.92 Å². The van der Waals surface area contributed by atoms with E-state index in [0.717, 1.165) is 6.20 Å². The fraction of sp³-hybridized carbons (Fsp3) is 0.480. The molecule has 3 aliphatic rings. The van der Waals surface area contributed by atoms with E-state index < -0.39 is 67.4 Å². The van der Waals surface area contributed by atoms with Crippen molar-refractivity contribution in [1.29, 1.82) is 0 Å². The molecule has 0 radical (unpaired) electrons. The topological polar surface area (TPSA) is 196 Å². The van der Waals surface area contributed by atoms with Crippen LogP contribution in [0.2, 0.25) is 5.02 Å². The summed E-state index contributed by atoms with van der Waals surface area (Å²) in [6, 6.07) is 0.158. The van der Waals surface area contributed by atoms with Crippen LogP contribution in [0.5, 0.6) is 0 Å². The quantitative estimate of drug-likeness (QED) is 0.261. The van der Waals surface area contributed by atoms with Gasteiger partial charge in [0.15, 0.2) is 0 Å². The lowest BCUT2D eigenvalue weighted by Gasteiger charge is -2.26. The SMILES string of the molecule is C=C(C)c1cc2c(=O)c(C(=O)O)cn(C3C[C@@H]3F)c2c(Cl)c1N1C[C@@H](NC(=O)OC(C)([P+](=O)O)P(=O)(O)O)C2(CC2)C1. The second kappa shape index (κ2) is 10.1. The number of carboxylic acid groups (broad SMARTS) is 1. The highest BCUT2D eigenvalue weighted by atomic mass is 35.5. The minimum atomic E-state index is -5.34. The van der Waals surface area contributed by atoms with Crippen molar-refractivity contribution >= 4 is 61.5 Å². The highest BCUT2D eigenvalue weighted by molar-refractivity contribution is 7.66. The van der Waals surface area contributed by atoms with Gasteiger partial charge in [-0.2, -0.15) is 4.89 Å². The van der Waals surface area contributed by atoms with Gasteiger partial charge >= 0.3 is 32.8 Å². The molecule has 2 aliphatic carbocycles. The summed E-state index contributed by atoms with van der Waals surface area (Å²) >= 11 is 6.97. The van der Waals surface area contributed by atoms with Gasteiger partial charge in [0, 0.05) is 49.0 Å². The number of nitrogens with one attached hydrogen (secondary N) is 1. The Morgan fingerprint density at radius 1 is 1.33 bits per heavy atom. The average molecular weight is 647 g/mol. The Bertz CT molecular complexity index is 1690. The van der Waals surface area contributed by atoms with Gasteiger partial charge in [-0.1, -0.05) is 18.2 Å². The normalized spacial score (nSPS) is 24.3. The maximum absolute atomic E-state index is 14.2. The minimum absolute atomic E-state index is 0.00540. The fourth-order valence-corrected chi connectivity index (χ4v) is 7.19. The number of amides is 1. The zero-order valence-electron chi connectivity index (χ0n) is 22.4. The smallest absolute Gasteiger partial charge is 0.477 e. The lowest BCUT2D eigenvalue weighted by Crippen LogP contribution is -2.44. The third kappa shape index (κ3) is 4.94. The maximum Gasteiger partial charge on any atom is 0.567 e. The second-order valence-electron chi connectivity index (χ2n) is 11.2. The van der Waals surface area contributed by atoms with E-state index >= 15 is 0 Å². The Morgan fingerprint density at radius 2 is 1.95 bits per heavy atom. The molecule has 5 atom stereocenters. The van der Waals surface area contributed by atoms with Gasteiger partial charge in [0.1, 0.15) is 11.7 Å². The maximum atomic E-state index is 14.2. The summed E-state index contributed by atoms with van der Waals surface area (Å²) in [5.74, 6) is -1.46. The Balaban J connectivity index is 1.55. The molecule has 5 rings (SSSR count). The van der Waals surface area contributed by atoms with E-state index in [4.69, 9.17) is 16.3 Å². The number of rotatable bonds is 8. The molecule has 42 heavy (non-hydrogen) atoms. The van der Waals surface area contributed by atoms with E-state index in [9.17, 15) is 47.7 Å². The Labute approximate surface area is 243 Å². The van der Waals surface area contributed by atoms with Crippen molar-refractivity contribution in [1.82, 2.24) is 9.88 Å². The molecule has 5 N–H and O–H groups in total. The fourth-order valence-electron chi connectivity index (χ4n) is 5.51. The largest absolute Gasteiger partial charge is 0.567 e. The number of carbonyl (C=O) groups is 2. The van der Waals surface area contributed by atoms with Crippen LogP contribution in [-0.2, 0) is 13.9 Å². The van der Waals surface area contributed by atoms with Gasteiger partial charge in [-0.05, 0) is 36.0 Å². The number of benzene rings is 1. The summed E-state index contributed by atoms with van der Waals surface area (Å²) in [5, 5.41) is 9.31. The molecule has 1 saturated heterocycles. The first-order valence-corrected chi connectivity index (χ1v) is 16.0. The monoisotopic (exact) mass is 646 g/mol. The Morgan fingerprint density at radius 3 is 2.43 bits per heavy atom. The van der Waals surface area contributed by atoms with Crippen LogP contribution in [-0.4, -0.2) is 66.8 Å². The number of hydrogen-bond acceptors (Lipinski definition) is 7. The Hall–Kier alpha value is -2.86. The van der Waals surface area contributed by atoms with Gasteiger partial charge < -0.3 is 34.4 Å². The summed E-state index contributed by atoms with van der Waals surface area (Å²) < 4.78 is 43.9. The van der Waals surface area contributed by atoms with Crippen LogP contribution in [0.1, 0.15) is 55.1 Å². The van der Waals surface area contributed by atoms with Crippen molar-refractivity contribution in [3.05, 3.63) is 45.2 Å². The molecular formula is C25H28ClFN3O10P2+. The minimum Gasteiger partial charge on any atom is -0.477 e. The summed E-state index contributed by atoms with van der Waals surface area (Å²) in [7, 11) is -8.95. The molecule has 2 saturated carbocycles. The molecule has 3 unspecified atom stereocenters. The summed E-state index contributed by atoms with van der Waals surface area (Å²) in [4.78, 5) is 68.1. The Kier molecular flexibility index (Phi) is 7.36. The molecule has 1 spiro atoms. The lowest BCUT2D eigenvalue weighted by molar-refractivity contribution is 0.0694. The molecule has 3 fully saturated rings. The summed E-state index contributed by atoms with van der Waals surface area (Å²) in [6.07, 6.45) is 0.0305. The van der Waals surface area contributed by atoms with Crippen molar-refractivity contribution in [2.24, 2.45) is 5.41 Å². The number of carboxylic acids is 1. The molecule has 226 valence electrons. The zero-order chi connectivity index (χ0) is 31.1. The molecular weight excluding hydrogens is 619 g/mol. The molecule has 1 aromatic carbocycles. The van der Waals surface area contributed by atoms with Crippen molar-refractivity contribution in [2.75, 3.05) is 18.0 Å². The number of anilines is 1. The lowest BCUT2D eigenvalue weighted by atomic mass is 10.00. The van der Waals surface area contributed by atoms with Crippen LogP contribution in [0, 0.1) is 5.41 Å². The summed E-state index contributed by atoms with van der Waals surface area (Å²) in [6.45, 7) is 6.83. The van der Waals surface area contributed by atoms with E-state index in [0.29, 0.717) is 43.1 Å². The molecule has 1 aliphatic heterocycles. The number of carbonyl (C=O) groups excluding carboxylic acids is 1. The standard InChI is InChI=1S/C25H27ClFN3O10P2/c1-11(2)12-6-13-20(30(16-7-15(16)27)8-14(21(13)31)22(32)33)18(26)19(12)29-9-17(25(10-29)4-5-25)28-23(34)40-24(3,41(35)36)42(37,38)39/h6,8,15-17H,1,4-5,7,9-10H2,2-3H3,(H4-,28,32,33,34,35,36,37,38,39)/p+1/t15-,16?,17+,24?/m0/s1. The molecule has 0 bridgehead atoms. The predicted molar refractivity (Wildman–Crippen MR) is 151 cm³/mol. The van der Waals surface area contributed by atoms with Crippen LogP contribution in [0.25, 0.3) is 16.5 Å². The van der Waals surface area contributed by atoms with Crippen LogP contribution in [0.4, 0.5) is 14.9 Å². The third-order valence-corrected chi connectivity index (χ3v) is 11.9. The van der Waals surface area contributed by atoms with E-state index in [1.165, 1.54) is 10.6 Å². The average Bonchev–Trinajstić information content (AvgIpc) is 3.77. The van der Waals surface area contributed by atoms with Crippen molar-refractivity contribution in [3.8, 4) is 0 Å². The van der Waals surface area contributed by atoms with Crippen LogP contribution in [0.3, 0.4) is 0 Å². The third-order valence-electron chi connectivity index (χ3n) is 8.29. The number of aromatic nitrogens is 1. The van der Waals surface area contributed by atoms with Gasteiger partial charge in [-0.25, -0.2) is 14.0 Å². The van der Waals surface area contributed by atoms with Gasteiger partial charge in [0.25, 0.3) is 0 Å². The number of alkyl carbamates (subject to hydrolysis) is 1. The number of halogens is 2. The number of fused-ring (bicyclic) bond motifs is 1. The first-order valence-electron chi connectivity index (χ1n) is 12.8. The number of alkyl halides is 1. The zero-order valence-corrected chi connectivity index (χ0v) is 25.0. The molecule has 1 aromatic heterocycles. The van der Waals surface area contributed by atoms with Crippen molar-refractivity contribution in [2.45, 2.75) is 56.4 Å². The van der Waals surface area contributed by atoms with Gasteiger partial charge in [-0.3, -0.25) is 9.36 Å². The molecule has 13 nitrogen and oxygen atoms in total. The second-order valence-corrected chi connectivity index (χ2v) is 15.3. The van der Waals surface area contributed by atoms with Gasteiger partial charge in [-0.15, -0.1) is 0 Å². The van der Waals surface area contributed by atoms with Crippen LogP contribution in [0.15, 0.2) is 23.6 Å². The van der Waals surface area contributed by atoms with Gasteiger partial charge in [0.2, 0.25) is 5.43 Å². The van der Waals surface area contributed by atoms with Crippen LogP contribution >= 0.6 is 27.2 Å². The molecule has 17 heteroatoms. The van der Waals surface area contributed by atoms with Crippen molar-refractivity contribution in [3.63, 3.8) is 0 Å². The number of aromatic carboxylic acids is 1. The number of hydrogen-bond donors (Lipinski definition) is 5. The molecule has 2 aromatic rings.